The zero-order valence-corrected chi connectivity index (χ0v) is 20.0. The van der Waals surface area contributed by atoms with Gasteiger partial charge in [-0.15, -0.1) is 0 Å². The van der Waals surface area contributed by atoms with E-state index in [1.54, 1.807) is 37.3 Å². The summed E-state index contributed by atoms with van der Waals surface area (Å²) in [6.45, 7) is 4.53. The summed E-state index contributed by atoms with van der Waals surface area (Å²) in [5.41, 5.74) is 0.846. The van der Waals surface area contributed by atoms with Crippen molar-refractivity contribution in [2.75, 3.05) is 27.4 Å². The van der Waals surface area contributed by atoms with Crippen LogP contribution in [0.4, 0.5) is 0 Å². The molecule has 1 aliphatic rings. The topological polar surface area (TPSA) is 106 Å². The summed E-state index contributed by atoms with van der Waals surface area (Å²) >= 11 is 0. The van der Waals surface area contributed by atoms with E-state index in [-0.39, 0.29) is 22.8 Å². The standard InChI is InChI=1S/C26H31NO7/c1-5-7-8-13-27-23(16-9-11-18(28)20(14-16)34-6-2)22(25(30)26(27)31)24(29)17-10-12-19(32-3)21(15-17)33-4/h9-12,14-15,23,28-29H,5-8,13H2,1-4H3/b24-22-. The molecule has 34 heavy (non-hydrogen) atoms. The number of aliphatic hydroxyl groups is 1. The van der Waals surface area contributed by atoms with Crippen molar-refractivity contribution in [2.45, 2.75) is 39.2 Å². The van der Waals surface area contributed by atoms with Gasteiger partial charge < -0.3 is 29.3 Å². The van der Waals surface area contributed by atoms with Crippen LogP contribution in [0.2, 0.25) is 0 Å². The van der Waals surface area contributed by atoms with E-state index in [1.807, 2.05) is 0 Å². The lowest BCUT2D eigenvalue weighted by atomic mass is 9.94. The fraction of sp³-hybridized carbons (Fsp3) is 0.385. The second-order valence-electron chi connectivity index (χ2n) is 7.93. The van der Waals surface area contributed by atoms with Crippen molar-refractivity contribution in [2.24, 2.45) is 0 Å². The molecule has 1 fully saturated rings. The number of phenolic OH excluding ortho intramolecular Hbond substituents is 1. The highest BCUT2D eigenvalue weighted by molar-refractivity contribution is 6.46. The highest BCUT2D eigenvalue weighted by Gasteiger charge is 2.46. The number of benzene rings is 2. The number of phenols is 1. The molecule has 182 valence electrons. The molecule has 0 radical (unpaired) electrons. The molecule has 0 aromatic heterocycles. The molecular formula is C26H31NO7. The Morgan fingerprint density at radius 2 is 1.71 bits per heavy atom. The number of ketones is 1. The number of unbranched alkanes of at least 4 members (excludes halogenated alkanes) is 2. The first kappa shape index (κ1) is 25.0. The van der Waals surface area contributed by atoms with Crippen LogP contribution in [0.3, 0.4) is 0 Å². The van der Waals surface area contributed by atoms with E-state index in [4.69, 9.17) is 14.2 Å². The second kappa shape index (κ2) is 11.0. The molecule has 0 bridgehead atoms. The van der Waals surface area contributed by atoms with Crippen molar-refractivity contribution >= 4 is 17.4 Å². The molecule has 3 rings (SSSR count). The van der Waals surface area contributed by atoms with Crippen molar-refractivity contribution < 1.29 is 34.0 Å². The maximum absolute atomic E-state index is 13.2. The average molecular weight is 470 g/mol. The van der Waals surface area contributed by atoms with Crippen molar-refractivity contribution in [1.29, 1.82) is 0 Å². The van der Waals surface area contributed by atoms with Crippen molar-refractivity contribution in [3.8, 4) is 23.0 Å². The molecule has 0 saturated carbocycles. The van der Waals surface area contributed by atoms with Gasteiger partial charge >= 0.3 is 0 Å². The minimum absolute atomic E-state index is 0.0261. The number of ether oxygens (including phenoxy) is 3. The first-order chi connectivity index (χ1) is 16.4. The van der Waals surface area contributed by atoms with Crippen LogP contribution in [0.25, 0.3) is 5.76 Å². The third kappa shape index (κ3) is 4.81. The van der Waals surface area contributed by atoms with E-state index in [2.05, 4.69) is 6.92 Å². The van der Waals surface area contributed by atoms with E-state index in [9.17, 15) is 19.8 Å². The molecule has 8 heteroatoms. The number of hydrogen-bond donors (Lipinski definition) is 2. The summed E-state index contributed by atoms with van der Waals surface area (Å²) in [5, 5.41) is 21.4. The number of rotatable bonds is 10. The Bertz CT molecular complexity index is 1090. The largest absolute Gasteiger partial charge is 0.507 e. The number of aromatic hydroxyl groups is 1. The summed E-state index contributed by atoms with van der Waals surface area (Å²) < 4.78 is 16.1. The fourth-order valence-corrected chi connectivity index (χ4v) is 4.10. The van der Waals surface area contributed by atoms with Gasteiger partial charge in [0.15, 0.2) is 23.0 Å². The lowest BCUT2D eigenvalue weighted by Crippen LogP contribution is -2.30. The Balaban J connectivity index is 2.17. The molecule has 1 unspecified atom stereocenters. The van der Waals surface area contributed by atoms with Gasteiger partial charge in [-0.3, -0.25) is 9.59 Å². The predicted octanol–water partition coefficient (Wildman–Crippen LogP) is 4.42. The number of Topliss-reactive ketones (excluding diaryl/α,β-unsaturated/α-hetero) is 1. The molecule has 1 atom stereocenters. The van der Waals surface area contributed by atoms with Crippen LogP contribution >= 0.6 is 0 Å². The summed E-state index contributed by atoms with van der Waals surface area (Å²) in [5.74, 6) is -0.708. The maximum atomic E-state index is 13.2. The van der Waals surface area contributed by atoms with Gasteiger partial charge in [0.2, 0.25) is 0 Å². The minimum Gasteiger partial charge on any atom is -0.507 e. The summed E-state index contributed by atoms with van der Waals surface area (Å²) in [6, 6.07) is 8.63. The fourth-order valence-electron chi connectivity index (χ4n) is 4.10. The molecule has 1 heterocycles. The number of carbonyl (C=O) groups is 2. The van der Waals surface area contributed by atoms with E-state index in [0.717, 1.165) is 12.8 Å². The molecule has 0 spiro atoms. The van der Waals surface area contributed by atoms with Gasteiger partial charge in [-0.25, -0.2) is 0 Å². The summed E-state index contributed by atoms with van der Waals surface area (Å²) in [4.78, 5) is 27.7. The van der Waals surface area contributed by atoms with Crippen LogP contribution in [0, 0.1) is 0 Å². The van der Waals surface area contributed by atoms with Gasteiger partial charge in [-0.2, -0.15) is 0 Å². The quantitative estimate of drug-likeness (QED) is 0.230. The van der Waals surface area contributed by atoms with E-state index < -0.39 is 17.7 Å². The van der Waals surface area contributed by atoms with Crippen molar-refractivity contribution in [3.63, 3.8) is 0 Å². The van der Waals surface area contributed by atoms with Gasteiger partial charge in [-0.1, -0.05) is 25.8 Å². The highest BCUT2D eigenvalue weighted by atomic mass is 16.5. The first-order valence-electron chi connectivity index (χ1n) is 11.3. The number of nitrogens with zero attached hydrogens (tertiary/aromatic N) is 1. The molecule has 2 aromatic rings. The van der Waals surface area contributed by atoms with Crippen molar-refractivity contribution in [1.82, 2.24) is 4.90 Å². The van der Waals surface area contributed by atoms with Gasteiger partial charge in [-0.05, 0) is 49.2 Å². The number of aliphatic hydroxyl groups excluding tert-OH is 1. The van der Waals surface area contributed by atoms with Crippen LogP contribution in [-0.4, -0.2) is 54.2 Å². The molecule has 1 saturated heterocycles. The van der Waals surface area contributed by atoms with Crippen LogP contribution in [0.5, 0.6) is 23.0 Å². The van der Waals surface area contributed by atoms with Gasteiger partial charge in [0, 0.05) is 12.1 Å². The minimum atomic E-state index is -0.829. The van der Waals surface area contributed by atoms with E-state index in [0.29, 0.717) is 42.2 Å². The number of likely N-dealkylation sites (tertiary alicyclic amines) is 1. The summed E-state index contributed by atoms with van der Waals surface area (Å²) in [6.07, 6.45) is 2.56. The second-order valence-corrected chi connectivity index (χ2v) is 7.93. The SMILES string of the molecule is CCCCCN1C(=O)C(=O)/C(=C(\O)c2ccc(OC)c(OC)c2)C1c1ccc(O)c(OCC)c1. The molecule has 2 N–H and O–H groups in total. The monoisotopic (exact) mass is 469 g/mol. The third-order valence-electron chi connectivity index (χ3n) is 5.80. The van der Waals surface area contributed by atoms with Crippen LogP contribution in [-0.2, 0) is 9.59 Å². The zero-order chi connectivity index (χ0) is 24.8. The smallest absolute Gasteiger partial charge is 0.295 e. The summed E-state index contributed by atoms with van der Waals surface area (Å²) in [7, 11) is 2.97. The van der Waals surface area contributed by atoms with Crippen LogP contribution in [0.15, 0.2) is 42.0 Å². The Morgan fingerprint density at radius 1 is 0.971 bits per heavy atom. The predicted molar refractivity (Wildman–Crippen MR) is 127 cm³/mol. The van der Waals surface area contributed by atoms with Crippen LogP contribution < -0.4 is 14.2 Å². The van der Waals surface area contributed by atoms with Crippen LogP contribution in [0.1, 0.15) is 50.3 Å². The lowest BCUT2D eigenvalue weighted by molar-refractivity contribution is -0.139. The first-order valence-corrected chi connectivity index (χ1v) is 11.3. The number of carbonyl (C=O) groups excluding carboxylic acids is 2. The Labute approximate surface area is 199 Å². The zero-order valence-electron chi connectivity index (χ0n) is 20.0. The third-order valence-corrected chi connectivity index (χ3v) is 5.80. The van der Waals surface area contributed by atoms with E-state index in [1.165, 1.54) is 25.2 Å². The molecule has 0 aliphatic carbocycles. The molecular weight excluding hydrogens is 438 g/mol. The Morgan fingerprint density at radius 3 is 2.35 bits per heavy atom. The Kier molecular flexibility index (Phi) is 8.04. The number of methoxy groups -OCH3 is 2. The molecule has 2 aromatic carbocycles. The van der Waals surface area contributed by atoms with Gasteiger partial charge in [0.05, 0.1) is 32.4 Å². The number of amides is 1. The Hall–Kier alpha value is -3.68. The van der Waals surface area contributed by atoms with Gasteiger partial charge in [0.1, 0.15) is 5.76 Å². The molecule has 1 aliphatic heterocycles. The van der Waals surface area contributed by atoms with Gasteiger partial charge in [0.25, 0.3) is 11.7 Å². The number of hydrogen-bond acceptors (Lipinski definition) is 7. The van der Waals surface area contributed by atoms with E-state index >= 15 is 0 Å². The molecule has 1 amide bonds. The molecule has 8 nitrogen and oxygen atoms in total. The normalized spacial score (nSPS) is 17.2. The average Bonchev–Trinajstić information content (AvgIpc) is 3.09. The van der Waals surface area contributed by atoms with Crippen molar-refractivity contribution in [3.05, 3.63) is 53.1 Å². The highest BCUT2D eigenvalue weighted by Crippen LogP contribution is 2.42. The maximum Gasteiger partial charge on any atom is 0.295 e. The lowest BCUT2D eigenvalue weighted by Gasteiger charge is -2.26.